The van der Waals surface area contributed by atoms with Crippen molar-refractivity contribution < 1.29 is 30.0 Å². The van der Waals surface area contributed by atoms with Gasteiger partial charge in [-0.3, -0.25) is 0 Å². The van der Waals surface area contributed by atoms with Gasteiger partial charge in [-0.25, -0.2) is 16.8 Å². The number of rotatable bonds is 3. The second-order valence-corrected chi connectivity index (χ2v) is 6.52. The molecule has 6 nitrogen and oxygen atoms in total. The van der Waals surface area contributed by atoms with Crippen LogP contribution in [0, 0.1) is 0 Å². The molecule has 92 valence electrons. The van der Waals surface area contributed by atoms with Gasteiger partial charge in [0.05, 0.1) is 6.26 Å². The molecule has 0 fully saturated rings. The van der Waals surface area contributed by atoms with Crippen molar-refractivity contribution >= 4 is 20.0 Å². The van der Waals surface area contributed by atoms with Gasteiger partial charge < -0.3 is 0 Å². The summed E-state index contributed by atoms with van der Waals surface area (Å²) in [5, 5.41) is 0. The van der Waals surface area contributed by atoms with E-state index in [1.54, 1.807) is 0 Å². The topological polar surface area (TPSA) is 74.8 Å². The molecule has 0 aromatic rings. The third-order valence-corrected chi connectivity index (χ3v) is 4.35. The van der Waals surface area contributed by atoms with Crippen LogP contribution in [0.2, 0.25) is 0 Å². The van der Waals surface area contributed by atoms with E-state index >= 15 is 0 Å². The Balaban J connectivity index is 5.32. The molecule has 0 aliphatic heterocycles. The molecule has 0 aliphatic carbocycles. The van der Waals surface area contributed by atoms with Crippen LogP contribution in [0.25, 0.3) is 0 Å². The highest BCUT2D eigenvalue weighted by molar-refractivity contribution is 7.92. The van der Waals surface area contributed by atoms with Crippen molar-refractivity contribution in [2.24, 2.45) is 0 Å². The summed E-state index contributed by atoms with van der Waals surface area (Å²) in [4.78, 5) is 0. The lowest BCUT2D eigenvalue weighted by Gasteiger charge is -2.25. The molecule has 15 heavy (non-hydrogen) atoms. The molecule has 0 aromatic heterocycles. The molecule has 0 N–H and O–H groups in total. The number of alkyl halides is 3. The first-order valence-corrected chi connectivity index (χ1v) is 6.59. The van der Waals surface area contributed by atoms with Crippen LogP contribution >= 0.6 is 0 Å². The van der Waals surface area contributed by atoms with Crippen molar-refractivity contribution in [3.63, 3.8) is 0 Å². The zero-order valence-corrected chi connectivity index (χ0v) is 9.61. The summed E-state index contributed by atoms with van der Waals surface area (Å²) in [6.07, 6.45) is 0.579. The van der Waals surface area contributed by atoms with E-state index in [4.69, 9.17) is 0 Å². The summed E-state index contributed by atoms with van der Waals surface area (Å²) in [7, 11) is -8.56. The first-order valence-electron chi connectivity index (χ1n) is 3.31. The maximum Gasteiger partial charge on any atom is 0.512 e. The highest BCUT2D eigenvalue weighted by atomic mass is 32.2. The van der Waals surface area contributed by atoms with Crippen LogP contribution in [0.3, 0.4) is 0 Å². The SMILES string of the molecule is CN(N(C)S(=O)(=O)C(F)(F)F)S(C)(=O)=O. The third-order valence-electron chi connectivity index (χ3n) is 1.52. The molecule has 0 amide bonds. The number of hydrogen-bond acceptors (Lipinski definition) is 4. The first-order chi connectivity index (χ1) is 6.32. The molecule has 0 spiro atoms. The number of hydrazine groups is 1. The molecule has 0 radical (unpaired) electrons. The third kappa shape index (κ3) is 3.03. The van der Waals surface area contributed by atoms with E-state index in [9.17, 15) is 30.0 Å². The van der Waals surface area contributed by atoms with E-state index in [1.807, 2.05) is 0 Å². The predicted octanol–water partition coefficient (Wildman–Crippen LogP) is -0.426. The molecule has 0 atom stereocenters. The minimum Gasteiger partial charge on any atom is -0.211 e. The van der Waals surface area contributed by atoms with Gasteiger partial charge in [0.15, 0.2) is 0 Å². The van der Waals surface area contributed by atoms with Gasteiger partial charge in [-0.15, -0.1) is 8.83 Å². The fraction of sp³-hybridized carbons (Fsp3) is 1.00. The normalized spacial score (nSPS) is 14.9. The molecule has 0 unspecified atom stereocenters. The van der Waals surface area contributed by atoms with E-state index < -0.39 is 25.6 Å². The van der Waals surface area contributed by atoms with Crippen LogP contribution in [-0.4, -0.2) is 51.5 Å². The number of hydrogen-bond donors (Lipinski definition) is 0. The minimum absolute atomic E-state index is 0.0180. The van der Waals surface area contributed by atoms with Crippen LogP contribution in [-0.2, 0) is 20.0 Å². The summed E-state index contributed by atoms with van der Waals surface area (Å²) in [5.41, 5.74) is -5.54. The van der Waals surface area contributed by atoms with Crippen molar-refractivity contribution in [2.75, 3.05) is 20.4 Å². The second-order valence-electron chi connectivity index (χ2n) is 2.58. The van der Waals surface area contributed by atoms with Crippen LogP contribution in [0.5, 0.6) is 0 Å². The quantitative estimate of drug-likeness (QED) is 0.652. The molecule has 0 saturated carbocycles. The number of sulfonamides is 2. The maximum absolute atomic E-state index is 12.0. The molecule has 0 heterocycles. The monoisotopic (exact) mass is 270 g/mol. The second kappa shape index (κ2) is 3.88. The molecule has 0 bridgehead atoms. The molecular formula is C4H9F3N2O4S2. The highest BCUT2D eigenvalue weighted by Crippen LogP contribution is 2.26. The Morgan fingerprint density at radius 2 is 1.27 bits per heavy atom. The van der Waals surface area contributed by atoms with Crippen molar-refractivity contribution in [3.8, 4) is 0 Å². The zero-order valence-electron chi connectivity index (χ0n) is 7.98. The lowest BCUT2D eigenvalue weighted by molar-refractivity contribution is -0.0520. The van der Waals surface area contributed by atoms with Gasteiger partial charge in [0.25, 0.3) is 0 Å². The van der Waals surface area contributed by atoms with Crippen LogP contribution in [0.1, 0.15) is 0 Å². The Hall–Kier alpha value is -0.390. The van der Waals surface area contributed by atoms with Gasteiger partial charge in [0, 0.05) is 14.1 Å². The fourth-order valence-electron chi connectivity index (χ4n) is 0.510. The van der Waals surface area contributed by atoms with E-state index in [0.29, 0.717) is 20.4 Å². The van der Waals surface area contributed by atoms with Gasteiger partial charge >= 0.3 is 15.5 Å². The van der Waals surface area contributed by atoms with Crippen molar-refractivity contribution in [1.82, 2.24) is 8.83 Å². The lowest BCUT2D eigenvalue weighted by atomic mass is 11.4. The summed E-state index contributed by atoms with van der Waals surface area (Å²) in [6, 6.07) is 0. The van der Waals surface area contributed by atoms with Crippen LogP contribution < -0.4 is 0 Å². The maximum atomic E-state index is 12.0. The average molecular weight is 270 g/mol. The van der Waals surface area contributed by atoms with Gasteiger partial charge in [0.2, 0.25) is 10.0 Å². The van der Waals surface area contributed by atoms with Gasteiger partial charge in [-0.1, -0.05) is 0 Å². The molecular weight excluding hydrogens is 261 g/mol. The van der Waals surface area contributed by atoms with Crippen molar-refractivity contribution in [3.05, 3.63) is 0 Å². The lowest BCUT2D eigenvalue weighted by Crippen LogP contribution is -2.49. The predicted molar refractivity (Wildman–Crippen MR) is 45.3 cm³/mol. The Kier molecular flexibility index (Phi) is 3.78. The molecule has 0 saturated heterocycles. The first kappa shape index (κ1) is 14.6. The number of nitrogens with zero attached hydrogens (tertiary/aromatic N) is 2. The smallest absolute Gasteiger partial charge is 0.211 e. The summed E-state index contributed by atoms with van der Waals surface area (Å²) in [6.45, 7) is 0. The zero-order chi connectivity index (χ0) is 12.7. The van der Waals surface area contributed by atoms with Gasteiger partial charge in [0.1, 0.15) is 0 Å². The van der Waals surface area contributed by atoms with E-state index in [1.165, 1.54) is 0 Å². The summed E-state index contributed by atoms with van der Waals surface area (Å²) >= 11 is 0. The Bertz CT molecular complexity index is 425. The molecule has 0 aliphatic rings. The Labute approximate surface area is 85.3 Å². The number of halogens is 3. The van der Waals surface area contributed by atoms with Crippen LogP contribution in [0.15, 0.2) is 0 Å². The minimum atomic E-state index is -5.68. The standard InChI is InChI=1S/C4H9F3N2O4S2/c1-8(14(3,10)11)9(2)15(12,13)4(5,6)7/h1-3H3. The largest absolute Gasteiger partial charge is 0.512 e. The van der Waals surface area contributed by atoms with Crippen molar-refractivity contribution in [1.29, 1.82) is 0 Å². The van der Waals surface area contributed by atoms with E-state index in [0.717, 1.165) is 0 Å². The Morgan fingerprint density at radius 3 is 1.47 bits per heavy atom. The average Bonchev–Trinajstić information content (AvgIpc) is 1.97. The van der Waals surface area contributed by atoms with Gasteiger partial charge in [-0.05, 0) is 0 Å². The fourth-order valence-corrected chi connectivity index (χ4v) is 2.16. The summed E-state index contributed by atoms with van der Waals surface area (Å²) in [5.74, 6) is 0. The van der Waals surface area contributed by atoms with Crippen molar-refractivity contribution in [2.45, 2.75) is 5.51 Å². The molecule has 11 heteroatoms. The van der Waals surface area contributed by atoms with E-state index in [2.05, 4.69) is 0 Å². The van der Waals surface area contributed by atoms with Gasteiger partial charge in [-0.2, -0.15) is 13.2 Å². The molecule has 0 aromatic carbocycles. The molecule has 0 rings (SSSR count). The Morgan fingerprint density at radius 1 is 0.933 bits per heavy atom. The summed E-state index contributed by atoms with van der Waals surface area (Å²) < 4.78 is 78.6. The highest BCUT2D eigenvalue weighted by Gasteiger charge is 2.51. The van der Waals surface area contributed by atoms with Crippen LogP contribution in [0.4, 0.5) is 13.2 Å². The van der Waals surface area contributed by atoms with E-state index in [-0.39, 0.29) is 8.83 Å².